The highest BCUT2D eigenvalue weighted by molar-refractivity contribution is 5.36. The number of hydrogen-bond donors (Lipinski definition) is 1. The van der Waals surface area contributed by atoms with Crippen LogP contribution < -0.4 is 5.32 Å². The van der Waals surface area contributed by atoms with Crippen molar-refractivity contribution >= 4 is 5.65 Å². The second-order valence-electron chi connectivity index (χ2n) is 4.17. The molecular formula is C12H14N6. The van der Waals surface area contributed by atoms with E-state index in [-0.39, 0.29) is 0 Å². The summed E-state index contributed by atoms with van der Waals surface area (Å²) in [6.07, 6.45) is 5.82. The average molecular weight is 242 g/mol. The van der Waals surface area contributed by atoms with E-state index in [1.165, 1.54) is 0 Å². The van der Waals surface area contributed by atoms with E-state index < -0.39 is 0 Å². The van der Waals surface area contributed by atoms with Crippen LogP contribution in [-0.2, 0) is 20.1 Å². The zero-order valence-electron chi connectivity index (χ0n) is 10.1. The Morgan fingerprint density at radius 1 is 1.22 bits per heavy atom. The van der Waals surface area contributed by atoms with Gasteiger partial charge in [-0.05, 0) is 12.1 Å². The van der Waals surface area contributed by atoms with E-state index in [9.17, 15) is 0 Å². The maximum absolute atomic E-state index is 4.16. The van der Waals surface area contributed by atoms with Gasteiger partial charge in [-0.1, -0.05) is 6.07 Å². The van der Waals surface area contributed by atoms with Crippen LogP contribution in [0.5, 0.6) is 0 Å². The third-order valence-corrected chi connectivity index (χ3v) is 2.75. The van der Waals surface area contributed by atoms with E-state index in [1.54, 1.807) is 4.68 Å². The summed E-state index contributed by atoms with van der Waals surface area (Å²) in [5, 5.41) is 15.7. The van der Waals surface area contributed by atoms with Crippen molar-refractivity contribution in [3.05, 3.63) is 48.2 Å². The Labute approximate surface area is 104 Å². The maximum atomic E-state index is 4.16. The van der Waals surface area contributed by atoms with E-state index in [0.717, 1.165) is 23.6 Å². The molecule has 0 bridgehead atoms. The average Bonchev–Trinajstić information content (AvgIpc) is 2.97. The molecule has 0 aliphatic heterocycles. The largest absolute Gasteiger partial charge is 0.306 e. The molecule has 0 aliphatic carbocycles. The molecule has 6 heteroatoms. The molecule has 0 atom stereocenters. The van der Waals surface area contributed by atoms with Gasteiger partial charge in [0.2, 0.25) is 0 Å². The van der Waals surface area contributed by atoms with Gasteiger partial charge in [-0.3, -0.25) is 9.08 Å². The van der Waals surface area contributed by atoms with Gasteiger partial charge in [-0.15, -0.1) is 10.2 Å². The van der Waals surface area contributed by atoms with Crippen molar-refractivity contribution in [2.45, 2.75) is 13.1 Å². The first-order chi connectivity index (χ1) is 8.83. The number of rotatable bonds is 4. The Bertz CT molecular complexity index is 653. The fraction of sp³-hybridized carbons (Fsp3) is 0.250. The molecule has 0 fully saturated rings. The first-order valence-electron chi connectivity index (χ1n) is 5.80. The fourth-order valence-corrected chi connectivity index (χ4v) is 1.89. The fourth-order valence-electron chi connectivity index (χ4n) is 1.89. The highest BCUT2D eigenvalue weighted by Crippen LogP contribution is 2.03. The number of nitrogens with one attached hydrogen (secondary N) is 1. The van der Waals surface area contributed by atoms with Gasteiger partial charge < -0.3 is 5.32 Å². The molecule has 0 spiro atoms. The van der Waals surface area contributed by atoms with Crippen LogP contribution in [0.25, 0.3) is 5.65 Å². The van der Waals surface area contributed by atoms with Gasteiger partial charge in [-0.25, -0.2) is 0 Å². The third-order valence-electron chi connectivity index (χ3n) is 2.75. The molecule has 3 aromatic heterocycles. The molecule has 0 unspecified atom stereocenters. The van der Waals surface area contributed by atoms with Crippen molar-refractivity contribution in [2.24, 2.45) is 7.05 Å². The lowest BCUT2D eigenvalue weighted by Crippen LogP contribution is -2.14. The maximum Gasteiger partial charge on any atom is 0.160 e. The minimum absolute atomic E-state index is 0.681. The molecule has 0 saturated heterocycles. The van der Waals surface area contributed by atoms with Gasteiger partial charge >= 0.3 is 0 Å². The summed E-state index contributed by atoms with van der Waals surface area (Å²) < 4.78 is 3.78. The van der Waals surface area contributed by atoms with E-state index in [1.807, 2.05) is 48.2 Å². The highest BCUT2D eigenvalue weighted by Gasteiger charge is 2.03. The molecule has 0 amide bonds. The zero-order chi connectivity index (χ0) is 12.4. The van der Waals surface area contributed by atoms with Crippen molar-refractivity contribution in [1.29, 1.82) is 0 Å². The second-order valence-corrected chi connectivity index (χ2v) is 4.17. The Hall–Kier alpha value is -2.21. The first-order valence-corrected chi connectivity index (χ1v) is 5.80. The number of nitrogens with zero attached hydrogens (tertiary/aromatic N) is 5. The van der Waals surface area contributed by atoms with Gasteiger partial charge in [0.1, 0.15) is 0 Å². The minimum Gasteiger partial charge on any atom is -0.306 e. The summed E-state index contributed by atoms with van der Waals surface area (Å²) in [6, 6.07) is 5.87. The van der Waals surface area contributed by atoms with Crippen LogP contribution >= 0.6 is 0 Å². The normalized spacial score (nSPS) is 11.2. The van der Waals surface area contributed by atoms with Crippen molar-refractivity contribution in [1.82, 2.24) is 29.7 Å². The molecule has 92 valence electrons. The summed E-state index contributed by atoms with van der Waals surface area (Å²) in [6.45, 7) is 1.45. The predicted molar refractivity (Wildman–Crippen MR) is 66.7 cm³/mol. The number of hydrogen-bond acceptors (Lipinski definition) is 4. The standard InChI is InChI=1S/C12H14N6/c1-17-9-10(7-14-17)6-13-8-12-16-15-11-4-2-3-5-18(11)12/h2-5,7,9,13H,6,8H2,1H3. The Kier molecular flexibility index (Phi) is 2.77. The minimum atomic E-state index is 0.681. The zero-order valence-corrected chi connectivity index (χ0v) is 10.1. The molecule has 18 heavy (non-hydrogen) atoms. The topological polar surface area (TPSA) is 60.0 Å². The van der Waals surface area contributed by atoms with Crippen molar-refractivity contribution in [2.75, 3.05) is 0 Å². The first kappa shape index (κ1) is 10.9. The molecule has 0 radical (unpaired) electrons. The number of aryl methyl sites for hydroxylation is 1. The molecule has 0 aliphatic rings. The van der Waals surface area contributed by atoms with Crippen LogP contribution in [0.15, 0.2) is 36.8 Å². The molecule has 6 nitrogen and oxygen atoms in total. The van der Waals surface area contributed by atoms with Crippen LogP contribution in [0.4, 0.5) is 0 Å². The molecule has 0 saturated carbocycles. The summed E-state index contributed by atoms with van der Waals surface area (Å²) >= 11 is 0. The van der Waals surface area contributed by atoms with Gasteiger partial charge in [0.25, 0.3) is 0 Å². The summed E-state index contributed by atoms with van der Waals surface area (Å²) in [7, 11) is 1.91. The molecule has 3 rings (SSSR count). The van der Waals surface area contributed by atoms with Gasteiger partial charge in [0, 0.05) is 31.5 Å². The second kappa shape index (κ2) is 4.58. The summed E-state index contributed by atoms with van der Waals surface area (Å²) in [5.41, 5.74) is 2.03. The molecular weight excluding hydrogens is 228 g/mol. The molecule has 3 aromatic rings. The van der Waals surface area contributed by atoms with E-state index in [0.29, 0.717) is 6.54 Å². The monoisotopic (exact) mass is 242 g/mol. The highest BCUT2D eigenvalue weighted by atomic mass is 15.3. The van der Waals surface area contributed by atoms with Crippen molar-refractivity contribution < 1.29 is 0 Å². The number of pyridine rings is 1. The lowest BCUT2D eigenvalue weighted by atomic mass is 10.3. The van der Waals surface area contributed by atoms with Gasteiger partial charge in [0.15, 0.2) is 11.5 Å². The van der Waals surface area contributed by atoms with E-state index >= 15 is 0 Å². The van der Waals surface area contributed by atoms with E-state index in [2.05, 4.69) is 20.6 Å². The van der Waals surface area contributed by atoms with Crippen molar-refractivity contribution in [3.8, 4) is 0 Å². The Balaban J connectivity index is 1.66. The lowest BCUT2D eigenvalue weighted by molar-refractivity contribution is 0.656. The Morgan fingerprint density at radius 2 is 2.17 bits per heavy atom. The quantitative estimate of drug-likeness (QED) is 0.733. The molecule has 1 N–H and O–H groups in total. The smallest absolute Gasteiger partial charge is 0.160 e. The molecule has 0 aromatic carbocycles. The SMILES string of the molecule is Cn1cc(CNCc2nnc3ccccn23)cn1. The summed E-state index contributed by atoms with van der Waals surface area (Å²) in [5.74, 6) is 0.912. The molecule has 3 heterocycles. The van der Waals surface area contributed by atoms with Gasteiger partial charge in [-0.2, -0.15) is 5.10 Å². The summed E-state index contributed by atoms with van der Waals surface area (Å²) in [4.78, 5) is 0. The van der Waals surface area contributed by atoms with Crippen LogP contribution in [0.3, 0.4) is 0 Å². The Morgan fingerprint density at radius 3 is 3.00 bits per heavy atom. The third kappa shape index (κ3) is 2.10. The van der Waals surface area contributed by atoms with Crippen molar-refractivity contribution in [3.63, 3.8) is 0 Å². The van der Waals surface area contributed by atoms with E-state index in [4.69, 9.17) is 0 Å². The predicted octanol–water partition coefficient (Wildman–Crippen LogP) is 0.753. The van der Waals surface area contributed by atoms with Crippen LogP contribution in [0.2, 0.25) is 0 Å². The van der Waals surface area contributed by atoms with Crippen LogP contribution in [0.1, 0.15) is 11.4 Å². The van der Waals surface area contributed by atoms with Crippen LogP contribution in [-0.4, -0.2) is 24.4 Å². The van der Waals surface area contributed by atoms with Gasteiger partial charge in [0.05, 0.1) is 12.7 Å². The lowest BCUT2D eigenvalue weighted by Gasteiger charge is -2.01. The van der Waals surface area contributed by atoms with Crippen LogP contribution in [0, 0.1) is 0 Å². The number of fused-ring (bicyclic) bond motifs is 1. The number of aromatic nitrogens is 5.